The average molecular weight is 115 g/mol. The third kappa shape index (κ3) is 3.33. The van der Waals surface area contributed by atoms with Gasteiger partial charge in [0.05, 0.1) is 6.42 Å². The summed E-state index contributed by atoms with van der Waals surface area (Å²) in [5.41, 5.74) is 0. The molecule has 3 heteroatoms. The van der Waals surface area contributed by atoms with Gasteiger partial charge in [-0.15, -0.1) is 0 Å². The van der Waals surface area contributed by atoms with E-state index in [0.29, 0.717) is 6.29 Å². The number of carbonyl (C=O) groups excluding carboxylic acids is 1. The second kappa shape index (κ2) is 3.18. The number of hydrogen-bond acceptors (Lipinski definition) is 2. The van der Waals surface area contributed by atoms with Crippen molar-refractivity contribution in [3.8, 4) is 0 Å². The van der Waals surface area contributed by atoms with Crippen molar-refractivity contribution in [2.45, 2.75) is 6.92 Å². The molecule has 1 unspecified atom stereocenters. The Labute approximate surface area is 47.3 Å². The lowest BCUT2D eigenvalue weighted by Crippen LogP contribution is -2.05. The second-order valence-corrected chi connectivity index (χ2v) is 1.50. The first-order valence-electron chi connectivity index (χ1n) is 2.20. The van der Waals surface area contributed by atoms with Crippen LogP contribution in [0.3, 0.4) is 0 Å². The summed E-state index contributed by atoms with van der Waals surface area (Å²) in [6, 6.07) is 0. The van der Waals surface area contributed by atoms with Crippen LogP contribution in [0.25, 0.3) is 0 Å². The van der Waals surface area contributed by atoms with Crippen LogP contribution in [-0.4, -0.2) is 17.4 Å². The van der Waals surface area contributed by atoms with Crippen molar-refractivity contribution in [3.05, 3.63) is 6.42 Å². The fourth-order valence-corrected chi connectivity index (χ4v) is 0.264. The summed E-state index contributed by atoms with van der Waals surface area (Å²) in [6.45, 7) is 1.52. The molecule has 8 heavy (non-hydrogen) atoms. The molecule has 0 bridgehead atoms. The normalized spacial score (nSPS) is 12.6. The lowest BCUT2D eigenvalue weighted by molar-refractivity contribution is -0.134. The molecule has 0 rings (SSSR count). The van der Waals surface area contributed by atoms with E-state index in [1.807, 2.05) is 0 Å². The van der Waals surface area contributed by atoms with Gasteiger partial charge in [0, 0.05) is 5.92 Å². The molecule has 0 heterocycles. The molecule has 0 aliphatic heterocycles. The van der Waals surface area contributed by atoms with Gasteiger partial charge in [0.2, 0.25) is 0 Å². The van der Waals surface area contributed by atoms with Gasteiger partial charge in [-0.1, -0.05) is 6.92 Å². The second-order valence-electron chi connectivity index (χ2n) is 1.50. The minimum Gasteiger partial charge on any atom is -0.481 e. The van der Waals surface area contributed by atoms with E-state index >= 15 is 0 Å². The minimum atomic E-state index is -1.05. The molecule has 3 nitrogen and oxygen atoms in total. The SMILES string of the molecule is CC([CH]C(=O)O)C=O. The fourth-order valence-electron chi connectivity index (χ4n) is 0.264. The van der Waals surface area contributed by atoms with Crippen molar-refractivity contribution in [2.75, 3.05) is 0 Å². The molecule has 0 fully saturated rings. The van der Waals surface area contributed by atoms with Gasteiger partial charge in [0.25, 0.3) is 0 Å². The van der Waals surface area contributed by atoms with E-state index in [9.17, 15) is 9.59 Å². The first-order chi connectivity index (χ1) is 3.66. The van der Waals surface area contributed by atoms with Crippen molar-refractivity contribution in [1.82, 2.24) is 0 Å². The monoisotopic (exact) mass is 115 g/mol. The lowest BCUT2D eigenvalue weighted by Gasteiger charge is -1.92. The van der Waals surface area contributed by atoms with Crippen LogP contribution < -0.4 is 0 Å². The van der Waals surface area contributed by atoms with E-state index in [-0.39, 0.29) is 0 Å². The maximum Gasteiger partial charge on any atom is 0.308 e. The Balaban J connectivity index is 3.38. The van der Waals surface area contributed by atoms with Crippen LogP contribution in [0.4, 0.5) is 0 Å². The Morgan fingerprint density at radius 3 is 2.38 bits per heavy atom. The zero-order valence-corrected chi connectivity index (χ0v) is 4.50. The van der Waals surface area contributed by atoms with Gasteiger partial charge >= 0.3 is 5.97 Å². The molecule has 0 aliphatic rings. The Morgan fingerprint density at radius 1 is 1.75 bits per heavy atom. The van der Waals surface area contributed by atoms with Crippen LogP contribution in [0.2, 0.25) is 0 Å². The van der Waals surface area contributed by atoms with Crippen molar-refractivity contribution in [3.63, 3.8) is 0 Å². The molecule has 0 aromatic rings. The number of rotatable bonds is 3. The molecule has 0 saturated heterocycles. The van der Waals surface area contributed by atoms with Gasteiger partial charge in [-0.2, -0.15) is 0 Å². The van der Waals surface area contributed by atoms with Gasteiger partial charge in [-0.3, -0.25) is 4.79 Å². The predicted molar refractivity (Wildman–Crippen MR) is 27.2 cm³/mol. The van der Waals surface area contributed by atoms with E-state index in [1.54, 1.807) is 0 Å². The summed E-state index contributed by atoms with van der Waals surface area (Å²) in [5.74, 6) is -1.53. The van der Waals surface area contributed by atoms with Gasteiger partial charge in [0.15, 0.2) is 0 Å². The summed E-state index contributed by atoms with van der Waals surface area (Å²) in [6.07, 6.45) is 1.52. The number of carbonyl (C=O) groups is 2. The molecule has 0 spiro atoms. The molecule has 1 atom stereocenters. The highest BCUT2D eigenvalue weighted by Crippen LogP contribution is 1.93. The summed E-state index contributed by atoms with van der Waals surface area (Å²) in [4.78, 5) is 19.5. The van der Waals surface area contributed by atoms with Crippen LogP contribution >= 0.6 is 0 Å². The van der Waals surface area contributed by atoms with E-state index in [0.717, 1.165) is 6.42 Å². The smallest absolute Gasteiger partial charge is 0.308 e. The lowest BCUT2D eigenvalue weighted by atomic mass is 10.1. The molecule has 0 aromatic carbocycles. The topological polar surface area (TPSA) is 54.4 Å². The largest absolute Gasteiger partial charge is 0.481 e. The van der Waals surface area contributed by atoms with Crippen molar-refractivity contribution in [1.29, 1.82) is 0 Å². The van der Waals surface area contributed by atoms with E-state index in [4.69, 9.17) is 5.11 Å². The van der Waals surface area contributed by atoms with Crippen LogP contribution in [0.15, 0.2) is 0 Å². The molecule has 0 aromatic heterocycles. The Hall–Kier alpha value is -0.860. The number of carboxylic acid groups (broad SMARTS) is 1. The van der Waals surface area contributed by atoms with Gasteiger partial charge in [0.1, 0.15) is 6.29 Å². The Kier molecular flexibility index (Phi) is 2.84. The van der Waals surface area contributed by atoms with E-state index in [1.165, 1.54) is 6.92 Å². The zero-order valence-electron chi connectivity index (χ0n) is 4.50. The Morgan fingerprint density at radius 2 is 2.25 bits per heavy atom. The summed E-state index contributed by atoms with van der Waals surface area (Å²) in [7, 11) is 0. The summed E-state index contributed by atoms with van der Waals surface area (Å²) >= 11 is 0. The van der Waals surface area contributed by atoms with Gasteiger partial charge < -0.3 is 9.90 Å². The van der Waals surface area contributed by atoms with Crippen molar-refractivity contribution < 1.29 is 14.7 Å². The third-order valence-electron chi connectivity index (χ3n) is 0.620. The predicted octanol–water partition coefficient (Wildman–Crippen LogP) is 0.110. The molecular weight excluding hydrogens is 108 g/mol. The van der Waals surface area contributed by atoms with Crippen molar-refractivity contribution in [2.24, 2.45) is 5.92 Å². The summed E-state index contributed by atoms with van der Waals surface area (Å²) < 4.78 is 0. The van der Waals surface area contributed by atoms with E-state index < -0.39 is 11.9 Å². The average Bonchev–Trinajstić information content (AvgIpc) is 1.65. The van der Waals surface area contributed by atoms with Gasteiger partial charge in [-0.05, 0) is 0 Å². The molecular formula is C5H7O3. The van der Waals surface area contributed by atoms with Crippen LogP contribution in [-0.2, 0) is 9.59 Å². The quantitative estimate of drug-likeness (QED) is 0.531. The maximum absolute atomic E-state index is 9.75. The summed E-state index contributed by atoms with van der Waals surface area (Å²) in [5, 5.41) is 8.00. The highest BCUT2D eigenvalue weighted by atomic mass is 16.4. The minimum absolute atomic E-state index is 0.479. The molecule has 0 aliphatic carbocycles. The van der Waals surface area contributed by atoms with E-state index in [2.05, 4.69) is 0 Å². The third-order valence-corrected chi connectivity index (χ3v) is 0.620. The molecule has 0 amide bonds. The number of aliphatic carboxylic acids is 1. The highest BCUT2D eigenvalue weighted by Gasteiger charge is 2.04. The Bertz CT molecular complexity index is 97.8. The van der Waals surface area contributed by atoms with Crippen LogP contribution in [0, 0.1) is 12.3 Å². The highest BCUT2D eigenvalue weighted by molar-refractivity contribution is 5.81. The zero-order chi connectivity index (χ0) is 6.57. The molecule has 1 N–H and O–H groups in total. The van der Waals surface area contributed by atoms with Crippen LogP contribution in [0.1, 0.15) is 6.92 Å². The van der Waals surface area contributed by atoms with Gasteiger partial charge in [-0.25, -0.2) is 0 Å². The number of carboxylic acids is 1. The van der Waals surface area contributed by atoms with Crippen molar-refractivity contribution >= 4 is 12.3 Å². The first kappa shape index (κ1) is 7.14. The maximum atomic E-state index is 9.75. The van der Waals surface area contributed by atoms with Crippen LogP contribution in [0.5, 0.6) is 0 Å². The number of aldehydes is 1. The molecule has 1 radical (unpaired) electrons. The standard InChI is InChI=1S/C5H7O3/c1-4(3-6)2-5(7)8/h2-4H,1H3,(H,7,8). The fraction of sp³-hybridized carbons (Fsp3) is 0.400. The molecule has 0 saturated carbocycles. The molecule has 45 valence electrons. The first-order valence-corrected chi connectivity index (χ1v) is 2.20. The number of hydrogen-bond donors (Lipinski definition) is 1.